The summed E-state index contributed by atoms with van der Waals surface area (Å²) < 4.78 is 5.26. The quantitative estimate of drug-likeness (QED) is 0.623. The second-order valence-electron chi connectivity index (χ2n) is 5.03. The maximum absolute atomic E-state index is 11.8. The predicted molar refractivity (Wildman–Crippen MR) is 60.1 cm³/mol. The van der Waals surface area contributed by atoms with Crippen LogP contribution >= 0.6 is 0 Å². The first-order valence-electron chi connectivity index (χ1n) is 5.51. The van der Waals surface area contributed by atoms with Crippen molar-refractivity contribution in [2.75, 3.05) is 26.7 Å². The number of hydrogen-bond donors (Lipinski definition) is 0. The van der Waals surface area contributed by atoms with Gasteiger partial charge in [0.2, 0.25) is 5.91 Å². The highest BCUT2D eigenvalue weighted by Crippen LogP contribution is 2.11. The molecule has 0 aromatic heterocycles. The zero-order chi connectivity index (χ0) is 12.3. The van der Waals surface area contributed by atoms with Crippen LogP contribution in [-0.2, 0) is 9.53 Å². The van der Waals surface area contributed by atoms with Crippen molar-refractivity contribution in [3.05, 3.63) is 0 Å². The van der Waals surface area contributed by atoms with Gasteiger partial charge in [0.1, 0.15) is 5.60 Å². The fourth-order valence-corrected chi connectivity index (χ4v) is 1.44. The molecule has 1 fully saturated rings. The number of nitrogens with zero attached hydrogens (tertiary/aromatic N) is 2. The number of rotatable bonds is 0. The van der Waals surface area contributed by atoms with Crippen LogP contribution in [0.3, 0.4) is 0 Å². The summed E-state index contributed by atoms with van der Waals surface area (Å²) in [6.07, 6.45) is 0.0334. The van der Waals surface area contributed by atoms with Gasteiger partial charge in [0, 0.05) is 33.1 Å². The van der Waals surface area contributed by atoms with E-state index in [1.54, 1.807) is 16.8 Å². The normalized spacial score (nSPS) is 18.4. The van der Waals surface area contributed by atoms with Crippen molar-refractivity contribution in [1.29, 1.82) is 0 Å². The number of likely N-dealkylation sites (N-methyl/N-ethyl adjacent to an activating group) is 1. The summed E-state index contributed by atoms with van der Waals surface area (Å²) in [6, 6.07) is 0. The Morgan fingerprint density at radius 2 is 1.88 bits per heavy atom. The van der Waals surface area contributed by atoms with Crippen LogP contribution < -0.4 is 0 Å². The molecule has 5 nitrogen and oxygen atoms in total. The van der Waals surface area contributed by atoms with Crippen molar-refractivity contribution in [2.24, 2.45) is 0 Å². The number of carbonyl (C=O) groups is 2. The van der Waals surface area contributed by atoms with E-state index in [4.69, 9.17) is 4.74 Å². The molecule has 92 valence electrons. The van der Waals surface area contributed by atoms with Crippen LogP contribution in [0.4, 0.5) is 4.79 Å². The molecule has 1 rings (SSSR count). The average Bonchev–Trinajstić information content (AvgIpc) is 2.28. The fraction of sp³-hybridized carbons (Fsp3) is 0.818. The van der Waals surface area contributed by atoms with Gasteiger partial charge >= 0.3 is 6.09 Å². The third kappa shape index (κ3) is 3.72. The molecular formula is C11H20N2O3. The Hall–Kier alpha value is -1.26. The van der Waals surface area contributed by atoms with Crippen molar-refractivity contribution >= 4 is 12.0 Å². The van der Waals surface area contributed by atoms with Gasteiger partial charge in [0.05, 0.1) is 0 Å². The Kier molecular flexibility index (Phi) is 3.78. The third-order valence-corrected chi connectivity index (χ3v) is 2.38. The molecule has 0 spiro atoms. The molecule has 0 N–H and O–H groups in total. The van der Waals surface area contributed by atoms with E-state index in [0.29, 0.717) is 26.1 Å². The lowest BCUT2D eigenvalue weighted by atomic mass is 10.2. The van der Waals surface area contributed by atoms with Crippen molar-refractivity contribution in [1.82, 2.24) is 9.80 Å². The van der Waals surface area contributed by atoms with E-state index in [0.717, 1.165) is 0 Å². The molecule has 1 aliphatic rings. The van der Waals surface area contributed by atoms with Gasteiger partial charge in [-0.15, -0.1) is 0 Å². The predicted octanol–water partition coefficient (Wildman–Crippen LogP) is 1.09. The van der Waals surface area contributed by atoms with Crippen LogP contribution in [0.25, 0.3) is 0 Å². The zero-order valence-electron chi connectivity index (χ0n) is 10.4. The summed E-state index contributed by atoms with van der Waals surface area (Å²) in [4.78, 5) is 26.4. The lowest BCUT2D eigenvalue weighted by Crippen LogP contribution is -2.38. The van der Waals surface area contributed by atoms with Crippen molar-refractivity contribution < 1.29 is 14.3 Å². The SMILES string of the molecule is CN1CCN(C(=O)OC(C)(C)C)CCC1=O. The van der Waals surface area contributed by atoms with E-state index in [9.17, 15) is 9.59 Å². The van der Waals surface area contributed by atoms with Crippen LogP contribution in [-0.4, -0.2) is 54.1 Å². The van der Waals surface area contributed by atoms with Crippen LogP contribution in [0, 0.1) is 0 Å². The minimum atomic E-state index is -0.487. The summed E-state index contributed by atoms with van der Waals surface area (Å²) in [6.45, 7) is 7.05. The summed E-state index contributed by atoms with van der Waals surface area (Å²) >= 11 is 0. The molecule has 0 aromatic rings. The smallest absolute Gasteiger partial charge is 0.410 e. The minimum absolute atomic E-state index is 0.0751. The largest absolute Gasteiger partial charge is 0.444 e. The van der Waals surface area contributed by atoms with E-state index >= 15 is 0 Å². The summed E-state index contributed by atoms with van der Waals surface area (Å²) in [7, 11) is 1.75. The van der Waals surface area contributed by atoms with Gasteiger partial charge in [-0.25, -0.2) is 4.79 Å². The Balaban J connectivity index is 2.55. The van der Waals surface area contributed by atoms with E-state index in [1.165, 1.54) is 0 Å². The van der Waals surface area contributed by atoms with Crippen LogP contribution in [0.15, 0.2) is 0 Å². The zero-order valence-corrected chi connectivity index (χ0v) is 10.4. The van der Waals surface area contributed by atoms with Gasteiger partial charge in [-0.1, -0.05) is 0 Å². The van der Waals surface area contributed by atoms with Gasteiger partial charge in [0.15, 0.2) is 0 Å². The van der Waals surface area contributed by atoms with Gasteiger partial charge < -0.3 is 14.5 Å². The van der Waals surface area contributed by atoms with Crippen molar-refractivity contribution in [2.45, 2.75) is 32.8 Å². The average molecular weight is 228 g/mol. The molecule has 5 heteroatoms. The Morgan fingerprint density at radius 3 is 2.44 bits per heavy atom. The fourth-order valence-electron chi connectivity index (χ4n) is 1.44. The van der Waals surface area contributed by atoms with E-state index < -0.39 is 5.60 Å². The van der Waals surface area contributed by atoms with Crippen molar-refractivity contribution in [3.8, 4) is 0 Å². The maximum atomic E-state index is 11.8. The third-order valence-electron chi connectivity index (χ3n) is 2.38. The molecule has 0 aliphatic carbocycles. The Morgan fingerprint density at radius 1 is 1.25 bits per heavy atom. The number of amides is 2. The molecule has 0 bridgehead atoms. The van der Waals surface area contributed by atoms with Crippen LogP contribution in [0.5, 0.6) is 0 Å². The molecule has 0 saturated carbocycles. The van der Waals surface area contributed by atoms with Crippen LogP contribution in [0.1, 0.15) is 27.2 Å². The Labute approximate surface area is 96.3 Å². The highest BCUT2D eigenvalue weighted by molar-refractivity contribution is 5.77. The summed E-state index contributed by atoms with van der Waals surface area (Å²) in [5.41, 5.74) is -0.487. The van der Waals surface area contributed by atoms with Crippen molar-refractivity contribution in [3.63, 3.8) is 0 Å². The number of ether oxygens (including phenoxy) is 1. The molecule has 0 unspecified atom stereocenters. The molecular weight excluding hydrogens is 208 g/mol. The first-order valence-corrected chi connectivity index (χ1v) is 5.51. The molecule has 1 aliphatic heterocycles. The van der Waals surface area contributed by atoms with Gasteiger partial charge in [-0.05, 0) is 20.8 Å². The minimum Gasteiger partial charge on any atom is -0.444 e. The van der Waals surface area contributed by atoms with Crippen LogP contribution in [0.2, 0.25) is 0 Å². The molecule has 0 radical (unpaired) electrons. The first-order chi connectivity index (χ1) is 7.29. The van der Waals surface area contributed by atoms with E-state index in [1.807, 2.05) is 20.8 Å². The first kappa shape index (κ1) is 12.8. The second-order valence-corrected chi connectivity index (χ2v) is 5.03. The van der Waals surface area contributed by atoms with E-state index in [2.05, 4.69) is 0 Å². The molecule has 0 atom stereocenters. The lowest BCUT2D eigenvalue weighted by molar-refractivity contribution is -0.129. The molecule has 1 saturated heterocycles. The molecule has 0 aromatic carbocycles. The highest BCUT2D eigenvalue weighted by Gasteiger charge is 2.25. The molecule has 1 heterocycles. The monoisotopic (exact) mass is 228 g/mol. The van der Waals surface area contributed by atoms with Gasteiger partial charge in [-0.2, -0.15) is 0 Å². The second kappa shape index (κ2) is 4.72. The molecule has 2 amide bonds. The van der Waals surface area contributed by atoms with Gasteiger partial charge in [0.25, 0.3) is 0 Å². The number of hydrogen-bond acceptors (Lipinski definition) is 3. The maximum Gasteiger partial charge on any atom is 0.410 e. The molecule has 16 heavy (non-hydrogen) atoms. The van der Waals surface area contributed by atoms with Gasteiger partial charge in [-0.3, -0.25) is 4.79 Å². The van der Waals surface area contributed by atoms with E-state index in [-0.39, 0.29) is 12.0 Å². The Bertz CT molecular complexity index is 283. The summed E-state index contributed by atoms with van der Waals surface area (Å²) in [5.74, 6) is 0.0751. The number of carbonyl (C=O) groups excluding carboxylic acids is 2. The topological polar surface area (TPSA) is 49.9 Å². The lowest BCUT2D eigenvalue weighted by Gasteiger charge is -2.26. The standard InChI is InChI=1S/C11H20N2O3/c1-11(2,3)16-10(15)13-6-5-9(14)12(4)7-8-13/h5-8H2,1-4H3. The summed E-state index contributed by atoms with van der Waals surface area (Å²) in [5, 5.41) is 0. The highest BCUT2D eigenvalue weighted by atomic mass is 16.6.